The van der Waals surface area contributed by atoms with E-state index in [1.807, 2.05) is 6.07 Å². The van der Waals surface area contributed by atoms with Crippen LogP contribution in [-0.2, 0) is 36.1 Å². The number of hydrogen-bond donors (Lipinski definition) is 1. The highest BCUT2D eigenvalue weighted by molar-refractivity contribution is 5.86. The number of carbonyl (C=O) groups excluding carboxylic acids is 2. The number of hydrogen-bond acceptors (Lipinski definition) is 4. The Morgan fingerprint density at radius 2 is 1.95 bits per heavy atom. The molecule has 0 saturated carbocycles. The third-order valence-electron chi connectivity index (χ3n) is 8.10. The minimum atomic E-state index is -2.64. The molecule has 38 heavy (non-hydrogen) atoms. The first-order valence-electron chi connectivity index (χ1n) is 13.2. The zero-order chi connectivity index (χ0) is 26.6. The van der Waals surface area contributed by atoms with Crippen LogP contribution in [0.3, 0.4) is 0 Å². The lowest BCUT2D eigenvalue weighted by atomic mass is 9.87. The molecule has 1 N–H and O–H groups in total. The molecule has 6 rings (SSSR count). The average Bonchev–Trinajstić information content (AvgIpc) is 3.53. The summed E-state index contributed by atoms with van der Waals surface area (Å²) in [5, 5.41) is 7.16. The Morgan fingerprint density at radius 3 is 2.66 bits per heavy atom. The number of benzene rings is 2. The van der Waals surface area contributed by atoms with Gasteiger partial charge in [0.25, 0.3) is 6.43 Å². The first kappa shape index (κ1) is 24.6. The third kappa shape index (κ3) is 4.23. The molecular formula is C29H31F2N5O2. The fourth-order valence-corrected chi connectivity index (χ4v) is 6.16. The summed E-state index contributed by atoms with van der Waals surface area (Å²) in [5.41, 5.74) is 6.84. The minimum Gasteiger partial charge on any atom is -0.356 e. The van der Waals surface area contributed by atoms with Crippen LogP contribution in [0.2, 0.25) is 0 Å². The maximum Gasteiger partial charge on any atom is 0.264 e. The van der Waals surface area contributed by atoms with Crippen LogP contribution in [-0.4, -0.2) is 39.6 Å². The van der Waals surface area contributed by atoms with Crippen LogP contribution in [0, 0.1) is 0 Å². The van der Waals surface area contributed by atoms with Gasteiger partial charge in [-0.05, 0) is 66.1 Å². The number of alkyl halides is 2. The summed E-state index contributed by atoms with van der Waals surface area (Å²) in [7, 11) is 1.77. The van der Waals surface area contributed by atoms with Gasteiger partial charge in [-0.2, -0.15) is 5.10 Å². The third-order valence-corrected chi connectivity index (χ3v) is 8.10. The Morgan fingerprint density at radius 1 is 1.11 bits per heavy atom. The van der Waals surface area contributed by atoms with Crippen molar-refractivity contribution in [1.82, 2.24) is 20.0 Å². The quantitative estimate of drug-likeness (QED) is 0.529. The van der Waals surface area contributed by atoms with Gasteiger partial charge in [-0.1, -0.05) is 6.07 Å². The zero-order valence-electron chi connectivity index (χ0n) is 21.6. The lowest BCUT2D eigenvalue weighted by Gasteiger charge is -2.35. The van der Waals surface area contributed by atoms with E-state index in [9.17, 15) is 18.4 Å². The van der Waals surface area contributed by atoms with Gasteiger partial charge in [-0.15, -0.1) is 0 Å². The van der Waals surface area contributed by atoms with Crippen molar-refractivity contribution in [3.63, 3.8) is 0 Å². The van der Waals surface area contributed by atoms with Crippen molar-refractivity contribution >= 4 is 23.2 Å². The fourth-order valence-electron chi connectivity index (χ4n) is 6.16. The first-order valence-corrected chi connectivity index (χ1v) is 13.2. The maximum atomic E-state index is 14.4. The second-order valence-corrected chi connectivity index (χ2v) is 10.6. The van der Waals surface area contributed by atoms with Crippen LogP contribution in [0.15, 0.2) is 36.7 Å². The van der Waals surface area contributed by atoms with E-state index in [2.05, 4.69) is 27.4 Å². The van der Waals surface area contributed by atoms with E-state index in [0.29, 0.717) is 37.3 Å². The monoisotopic (exact) mass is 519 g/mol. The normalized spacial score (nSPS) is 19.0. The molecule has 3 aliphatic heterocycles. The first-order chi connectivity index (χ1) is 18.3. The van der Waals surface area contributed by atoms with E-state index in [1.165, 1.54) is 0 Å². The molecular weight excluding hydrogens is 488 g/mol. The highest BCUT2D eigenvalue weighted by Gasteiger charge is 2.33. The molecule has 3 aromatic rings. The zero-order valence-corrected chi connectivity index (χ0v) is 21.6. The fraction of sp³-hybridized carbons (Fsp3) is 0.414. The summed E-state index contributed by atoms with van der Waals surface area (Å²) in [6, 6.07) is 7.65. The number of anilines is 2. The van der Waals surface area contributed by atoms with Crippen molar-refractivity contribution in [3.8, 4) is 11.1 Å². The molecule has 1 aromatic heterocycles. The Kier molecular flexibility index (Phi) is 6.16. The van der Waals surface area contributed by atoms with Gasteiger partial charge in [0.2, 0.25) is 11.8 Å². The Bertz CT molecular complexity index is 1430. The molecule has 1 saturated heterocycles. The molecule has 3 aliphatic rings. The van der Waals surface area contributed by atoms with Gasteiger partial charge in [0.15, 0.2) is 0 Å². The van der Waals surface area contributed by atoms with Gasteiger partial charge in [-0.3, -0.25) is 14.3 Å². The maximum absolute atomic E-state index is 14.4. The molecule has 0 bridgehead atoms. The van der Waals surface area contributed by atoms with E-state index in [4.69, 9.17) is 0 Å². The van der Waals surface area contributed by atoms with Crippen molar-refractivity contribution in [3.05, 3.63) is 64.5 Å². The largest absolute Gasteiger partial charge is 0.356 e. The van der Waals surface area contributed by atoms with E-state index < -0.39 is 6.43 Å². The minimum absolute atomic E-state index is 0.00995. The summed E-state index contributed by atoms with van der Waals surface area (Å²) < 4.78 is 30.4. The van der Waals surface area contributed by atoms with Crippen molar-refractivity contribution in [2.75, 3.05) is 18.0 Å². The molecule has 9 heteroatoms. The number of amides is 2. The van der Waals surface area contributed by atoms with Gasteiger partial charge in [0, 0.05) is 74.4 Å². The van der Waals surface area contributed by atoms with Crippen LogP contribution in [0.1, 0.15) is 66.3 Å². The smallest absolute Gasteiger partial charge is 0.264 e. The van der Waals surface area contributed by atoms with E-state index in [-0.39, 0.29) is 23.3 Å². The summed E-state index contributed by atoms with van der Waals surface area (Å²) in [4.78, 5) is 29.0. The number of carbonyl (C=O) groups is 2. The van der Waals surface area contributed by atoms with E-state index >= 15 is 0 Å². The second kappa shape index (κ2) is 9.53. The van der Waals surface area contributed by atoms with Gasteiger partial charge in [0.05, 0.1) is 12.1 Å². The molecule has 0 radical (unpaired) electrons. The molecule has 1 fully saturated rings. The number of halogens is 2. The van der Waals surface area contributed by atoms with Crippen LogP contribution in [0.25, 0.3) is 11.1 Å². The molecule has 2 amide bonds. The lowest BCUT2D eigenvalue weighted by Crippen LogP contribution is -2.35. The van der Waals surface area contributed by atoms with Crippen molar-refractivity contribution in [2.45, 2.75) is 58.0 Å². The van der Waals surface area contributed by atoms with E-state index in [1.54, 1.807) is 42.0 Å². The predicted molar refractivity (Wildman–Crippen MR) is 140 cm³/mol. The number of piperidine rings is 1. The average molecular weight is 520 g/mol. The van der Waals surface area contributed by atoms with Crippen LogP contribution >= 0.6 is 0 Å². The lowest BCUT2D eigenvalue weighted by molar-refractivity contribution is -0.129. The molecule has 7 nitrogen and oxygen atoms in total. The number of aryl methyl sites for hydroxylation is 2. The Hall–Kier alpha value is -3.75. The van der Waals surface area contributed by atoms with Gasteiger partial charge >= 0.3 is 0 Å². The van der Waals surface area contributed by atoms with Crippen molar-refractivity contribution in [1.29, 1.82) is 0 Å². The van der Waals surface area contributed by atoms with Crippen LogP contribution in [0.5, 0.6) is 0 Å². The molecule has 0 aliphatic carbocycles. The second-order valence-electron chi connectivity index (χ2n) is 10.6. The van der Waals surface area contributed by atoms with E-state index in [0.717, 1.165) is 59.3 Å². The Labute approximate surface area is 220 Å². The summed E-state index contributed by atoms with van der Waals surface area (Å²) in [6.07, 6.45) is 4.06. The molecule has 1 unspecified atom stereocenters. The molecule has 1 atom stereocenters. The molecule has 198 valence electrons. The SMILES string of the molecule is CC(=O)N1Cc2cc(C3CCCNC3=O)cc(N3CCCc4cc(-c5cnn(C)c5)c(C(F)F)cc43)c2C1. The summed E-state index contributed by atoms with van der Waals surface area (Å²) >= 11 is 0. The number of nitrogens with zero attached hydrogens (tertiary/aromatic N) is 4. The summed E-state index contributed by atoms with van der Waals surface area (Å²) in [5.74, 6) is -0.249. The topological polar surface area (TPSA) is 70.5 Å². The van der Waals surface area contributed by atoms with Crippen LogP contribution < -0.4 is 10.2 Å². The highest BCUT2D eigenvalue weighted by Crippen LogP contribution is 2.45. The predicted octanol–water partition coefficient (Wildman–Crippen LogP) is 4.96. The molecule has 4 heterocycles. The molecule has 0 spiro atoms. The highest BCUT2D eigenvalue weighted by atomic mass is 19.3. The number of fused-ring (bicyclic) bond motifs is 2. The van der Waals surface area contributed by atoms with Gasteiger partial charge < -0.3 is 15.1 Å². The van der Waals surface area contributed by atoms with Crippen LogP contribution in [0.4, 0.5) is 20.2 Å². The number of nitrogens with one attached hydrogen (secondary N) is 1. The van der Waals surface area contributed by atoms with Crippen molar-refractivity contribution < 1.29 is 18.4 Å². The van der Waals surface area contributed by atoms with Gasteiger partial charge in [-0.25, -0.2) is 8.78 Å². The Balaban J connectivity index is 1.49. The number of aromatic nitrogens is 2. The molecule has 2 aromatic carbocycles. The van der Waals surface area contributed by atoms with Gasteiger partial charge in [0.1, 0.15) is 0 Å². The summed E-state index contributed by atoms with van der Waals surface area (Å²) in [6.45, 7) is 3.88. The number of rotatable bonds is 4. The van der Waals surface area contributed by atoms with Crippen molar-refractivity contribution in [2.24, 2.45) is 7.05 Å². The standard InChI is InChI=1S/C29H31F2N5O2/c1-17(37)35-15-20-9-19(22-6-3-7-32-29(22)38)11-27(25(20)16-35)36-8-4-5-18-10-23(21-13-33-34(2)14-21)24(28(30)31)12-26(18)36/h9-14,22,28H,3-8,15-16H2,1-2H3,(H,32,38).